The highest BCUT2D eigenvalue weighted by molar-refractivity contribution is 5.14. The Hall–Kier alpha value is -0.560. The molecule has 4 atom stereocenters. The molecule has 0 aromatic rings. The molecule has 4 unspecified atom stereocenters. The number of fused-ring (bicyclic) bond motifs is 2. The Labute approximate surface area is 80.5 Å². The first-order valence-corrected chi connectivity index (χ1v) is 5.19. The van der Waals surface area contributed by atoms with Crippen LogP contribution in [0.1, 0.15) is 19.8 Å². The molecule has 13 heavy (non-hydrogen) atoms. The molecule has 2 aliphatic rings. The zero-order valence-electron chi connectivity index (χ0n) is 8.44. The summed E-state index contributed by atoms with van der Waals surface area (Å²) in [5, 5.41) is 0. The Morgan fingerprint density at radius 3 is 2.77 bits per heavy atom. The molecular formula is C12H18O. The van der Waals surface area contributed by atoms with Gasteiger partial charge in [0.15, 0.2) is 0 Å². The van der Waals surface area contributed by atoms with Crippen molar-refractivity contribution in [2.45, 2.75) is 25.9 Å². The highest BCUT2D eigenvalue weighted by Crippen LogP contribution is 2.43. The predicted molar refractivity (Wildman–Crippen MR) is 54.5 cm³/mol. The molecule has 1 nitrogen and oxygen atoms in total. The van der Waals surface area contributed by atoms with E-state index in [1.54, 1.807) is 7.11 Å². The fraction of sp³-hybridized carbons (Fsp3) is 0.667. The van der Waals surface area contributed by atoms with Gasteiger partial charge in [0, 0.05) is 7.11 Å². The molecule has 72 valence electrons. The van der Waals surface area contributed by atoms with Gasteiger partial charge in [0.2, 0.25) is 0 Å². The second-order valence-corrected chi connectivity index (χ2v) is 4.27. The highest BCUT2D eigenvalue weighted by atomic mass is 16.5. The lowest BCUT2D eigenvalue weighted by atomic mass is 9.93. The topological polar surface area (TPSA) is 9.23 Å². The van der Waals surface area contributed by atoms with Crippen LogP contribution in [0.5, 0.6) is 0 Å². The van der Waals surface area contributed by atoms with Gasteiger partial charge in [-0.15, -0.1) is 0 Å². The first-order chi connectivity index (χ1) is 6.29. The maximum atomic E-state index is 5.19. The number of methoxy groups -OCH3 is 1. The molecule has 0 spiro atoms. The summed E-state index contributed by atoms with van der Waals surface area (Å²) in [6.45, 7) is 2.08. The van der Waals surface area contributed by atoms with Gasteiger partial charge < -0.3 is 4.74 Å². The van der Waals surface area contributed by atoms with Gasteiger partial charge in [0.05, 0.1) is 6.10 Å². The van der Waals surface area contributed by atoms with E-state index in [-0.39, 0.29) is 6.10 Å². The molecule has 0 heterocycles. The minimum absolute atomic E-state index is 0.267. The summed E-state index contributed by atoms with van der Waals surface area (Å²) in [7, 11) is 1.76. The third-order valence-electron chi connectivity index (χ3n) is 3.33. The predicted octanol–water partition coefficient (Wildman–Crippen LogP) is 2.79. The van der Waals surface area contributed by atoms with Crippen LogP contribution < -0.4 is 0 Å². The molecule has 2 aliphatic carbocycles. The van der Waals surface area contributed by atoms with Crippen LogP contribution in [-0.4, -0.2) is 13.2 Å². The number of ether oxygens (including phenoxy) is 1. The second kappa shape index (κ2) is 3.67. The molecule has 0 aromatic carbocycles. The van der Waals surface area contributed by atoms with Crippen molar-refractivity contribution in [3.8, 4) is 0 Å². The molecule has 0 N–H and O–H groups in total. The van der Waals surface area contributed by atoms with Crippen molar-refractivity contribution in [2.75, 3.05) is 7.11 Å². The lowest BCUT2D eigenvalue weighted by Crippen LogP contribution is -2.06. The van der Waals surface area contributed by atoms with Gasteiger partial charge in [0.25, 0.3) is 0 Å². The van der Waals surface area contributed by atoms with Crippen molar-refractivity contribution in [2.24, 2.45) is 17.8 Å². The fourth-order valence-electron chi connectivity index (χ4n) is 2.42. The molecule has 1 heteroatoms. The monoisotopic (exact) mass is 178 g/mol. The van der Waals surface area contributed by atoms with Crippen LogP contribution in [0.2, 0.25) is 0 Å². The van der Waals surface area contributed by atoms with Crippen LogP contribution in [0.4, 0.5) is 0 Å². The Kier molecular flexibility index (Phi) is 2.54. The molecule has 1 saturated carbocycles. The summed E-state index contributed by atoms with van der Waals surface area (Å²) in [6, 6.07) is 0. The summed E-state index contributed by atoms with van der Waals surface area (Å²) in [5.41, 5.74) is 0. The van der Waals surface area contributed by atoms with E-state index in [1.807, 2.05) is 0 Å². The lowest BCUT2D eigenvalue weighted by molar-refractivity contribution is 0.155. The fourth-order valence-corrected chi connectivity index (χ4v) is 2.42. The molecule has 2 rings (SSSR count). The van der Waals surface area contributed by atoms with Crippen molar-refractivity contribution in [3.05, 3.63) is 24.3 Å². The van der Waals surface area contributed by atoms with Crippen molar-refractivity contribution >= 4 is 0 Å². The van der Waals surface area contributed by atoms with Gasteiger partial charge in [-0.3, -0.25) is 0 Å². The van der Waals surface area contributed by atoms with Crippen molar-refractivity contribution in [3.63, 3.8) is 0 Å². The van der Waals surface area contributed by atoms with Gasteiger partial charge in [-0.05, 0) is 37.5 Å². The van der Waals surface area contributed by atoms with Crippen LogP contribution >= 0.6 is 0 Å². The molecule has 2 bridgehead atoms. The van der Waals surface area contributed by atoms with Gasteiger partial charge in [-0.25, -0.2) is 0 Å². The van der Waals surface area contributed by atoms with Crippen LogP contribution in [-0.2, 0) is 4.74 Å². The van der Waals surface area contributed by atoms with Crippen LogP contribution in [0, 0.1) is 17.8 Å². The van der Waals surface area contributed by atoms with Crippen molar-refractivity contribution in [1.82, 2.24) is 0 Å². The minimum Gasteiger partial charge on any atom is -0.378 e. The Morgan fingerprint density at radius 2 is 2.23 bits per heavy atom. The SMILES string of the molecule is COC(C)C=CC1CC2C=CC1C2. The summed E-state index contributed by atoms with van der Waals surface area (Å²) >= 11 is 0. The average Bonchev–Trinajstić information content (AvgIpc) is 2.74. The minimum atomic E-state index is 0.267. The van der Waals surface area contributed by atoms with Crippen molar-refractivity contribution < 1.29 is 4.74 Å². The Balaban J connectivity index is 1.90. The summed E-state index contributed by atoms with van der Waals surface area (Å²) in [5.74, 6) is 2.48. The number of allylic oxidation sites excluding steroid dienone is 3. The van der Waals surface area contributed by atoms with E-state index in [0.717, 1.165) is 17.8 Å². The second-order valence-electron chi connectivity index (χ2n) is 4.27. The first-order valence-electron chi connectivity index (χ1n) is 5.19. The smallest absolute Gasteiger partial charge is 0.0723 e. The highest BCUT2D eigenvalue weighted by Gasteiger charge is 2.33. The Morgan fingerprint density at radius 1 is 1.38 bits per heavy atom. The molecule has 0 saturated heterocycles. The normalized spacial score (nSPS) is 39.1. The average molecular weight is 178 g/mol. The van der Waals surface area contributed by atoms with Crippen LogP contribution in [0.15, 0.2) is 24.3 Å². The molecule has 0 aromatic heterocycles. The van der Waals surface area contributed by atoms with Gasteiger partial charge in [-0.2, -0.15) is 0 Å². The van der Waals surface area contributed by atoms with E-state index in [2.05, 4.69) is 31.2 Å². The van der Waals surface area contributed by atoms with E-state index < -0.39 is 0 Å². The lowest BCUT2D eigenvalue weighted by Gasteiger charge is -2.13. The quantitative estimate of drug-likeness (QED) is 0.604. The number of hydrogen-bond donors (Lipinski definition) is 0. The van der Waals surface area contributed by atoms with E-state index in [0.29, 0.717) is 0 Å². The number of rotatable bonds is 3. The van der Waals surface area contributed by atoms with E-state index in [9.17, 15) is 0 Å². The van der Waals surface area contributed by atoms with E-state index >= 15 is 0 Å². The third kappa shape index (κ3) is 1.86. The molecule has 1 fully saturated rings. The molecule has 0 aliphatic heterocycles. The largest absolute Gasteiger partial charge is 0.378 e. The van der Waals surface area contributed by atoms with E-state index in [4.69, 9.17) is 4.74 Å². The third-order valence-corrected chi connectivity index (χ3v) is 3.33. The Bertz CT molecular complexity index is 229. The van der Waals surface area contributed by atoms with Gasteiger partial charge >= 0.3 is 0 Å². The van der Waals surface area contributed by atoms with Gasteiger partial charge in [-0.1, -0.05) is 24.3 Å². The standard InChI is InChI=1S/C12H18O/c1-9(13-2)3-5-11-7-10-4-6-12(11)8-10/h3-6,9-12H,7-8H2,1-2H3. The van der Waals surface area contributed by atoms with Crippen LogP contribution in [0.3, 0.4) is 0 Å². The van der Waals surface area contributed by atoms with E-state index in [1.165, 1.54) is 12.8 Å². The molecule has 0 amide bonds. The maximum absolute atomic E-state index is 5.19. The van der Waals surface area contributed by atoms with Crippen LogP contribution in [0.25, 0.3) is 0 Å². The first kappa shape index (κ1) is 9.01. The maximum Gasteiger partial charge on any atom is 0.0723 e. The molecular weight excluding hydrogens is 160 g/mol. The zero-order chi connectivity index (χ0) is 9.26. The van der Waals surface area contributed by atoms with Crippen molar-refractivity contribution in [1.29, 1.82) is 0 Å². The summed E-state index contributed by atoms with van der Waals surface area (Å²) < 4.78 is 5.19. The molecule has 0 radical (unpaired) electrons. The zero-order valence-corrected chi connectivity index (χ0v) is 8.44. The summed E-state index contributed by atoms with van der Waals surface area (Å²) in [6.07, 6.45) is 12.3. The number of hydrogen-bond acceptors (Lipinski definition) is 1. The van der Waals surface area contributed by atoms with Gasteiger partial charge in [0.1, 0.15) is 0 Å². The summed E-state index contributed by atoms with van der Waals surface area (Å²) in [4.78, 5) is 0.